The molecule has 0 fully saturated rings. The van der Waals surface area contributed by atoms with Crippen molar-refractivity contribution in [3.8, 4) is 11.1 Å². The molecule has 0 aliphatic carbocycles. The fraction of sp³-hybridized carbons (Fsp3) is 0.179. The molecule has 5 aromatic rings. The first kappa shape index (κ1) is 20.9. The number of rotatable bonds is 5. The average Bonchev–Trinajstić information content (AvgIpc) is 3.28. The Morgan fingerprint density at radius 2 is 1.73 bits per heavy atom. The van der Waals surface area contributed by atoms with Crippen molar-refractivity contribution in [2.24, 2.45) is 0 Å². The standard InChI is InChI=1S/C28H26N4O/c1-18(2)20-11-13-22(14-12-20)26-17-31-32-19(3)25(16-29-27(26)32)28(33)30-15-23-9-6-8-21-7-4-5-10-24(21)23/h4-14,16-18H,15H2,1-3H3,(H,30,33). The smallest absolute Gasteiger partial charge is 0.254 e. The summed E-state index contributed by atoms with van der Waals surface area (Å²) in [7, 11) is 0. The summed E-state index contributed by atoms with van der Waals surface area (Å²) >= 11 is 0. The maximum absolute atomic E-state index is 13.0. The van der Waals surface area contributed by atoms with E-state index in [1.165, 1.54) is 5.56 Å². The van der Waals surface area contributed by atoms with Gasteiger partial charge >= 0.3 is 0 Å². The summed E-state index contributed by atoms with van der Waals surface area (Å²) in [5.41, 5.74) is 6.43. The lowest BCUT2D eigenvalue weighted by Crippen LogP contribution is -2.25. The van der Waals surface area contributed by atoms with Gasteiger partial charge in [0.05, 0.1) is 17.5 Å². The minimum absolute atomic E-state index is 0.159. The van der Waals surface area contributed by atoms with Crippen LogP contribution in [-0.4, -0.2) is 20.5 Å². The molecule has 1 amide bonds. The number of aromatic nitrogens is 3. The highest BCUT2D eigenvalue weighted by atomic mass is 16.1. The number of amides is 1. The second kappa shape index (κ2) is 8.51. The van der Waals surface area contributed by atoms with E-state index in [0.29, 0.717) is 18.0 Å². The summed E-state index contributed by atoms with van der Waals surface area (Å²) in [6.45, 7) is 6.72. The van der Waals surface area contributed by atoms with Crippen LogP contribution < -0.4 is 5.32 Å². The number of carbonyl (C=O) groups excluding carboxylic acids is 1. The summed E-state index contributed by atoms with van der Waals surface area (Å²) in [6, 6.07) is 22.8. The van der Waals surface area contributed by atoms with Crippen LogP contribution in [0.4, 0.5) is 0 Å². The van der Waals surface area contributed by atoms with E-state index in [9.17, 15) is 4.79 Å². The molecule has 5 rings (SSSR count). The molecule has 0 aliphatic rings. The minimum atomic E-state index is -0.159. The molecule has 0 bridgehead atoms. The maximum atomic E-state index is 13.0. The van der Waals surface area contributed by atoms with E-state index in [4.69, 9.17) is 0 Å². The van der Waals surface area contributed by atoms with E-state index in [0.717, 1.165) is 38.8 Å². The molecular weight excluding hydrogens is 408 g/mol. The number of benzene rings is 3. The van der Waals surface area contributed by atoms with Crippen LogP contribution in [-0.2, 0) is 6.54 Å². The van der Waals surface area contributed by atoms with Crippen LogP contribution in [0.5, 0.6) is 0 Å². The van der Waals surface area contributed by atoms with Gasteiger partial charge in [0.2, 0.25) is 0 Å². The quantitative estimate of drug-likeness (QED) is 0.374. The molecule has 0 saturated heterocycles. The molecule has 2 heterocycles. The Balaban J connectivity index is 1.41. The van der Waals surface area contributed by atoms with Crippen molar-refractivity contribution < 1.29 is 4.79 Å². The Bertz CT molecular complexity index is 1460. The lowest BCUT2D eigenvalue weighted by Gasteiger charge is -2.11. The topological polar surface area (TPSA) is 59.3 Å². The molecule has 0 unspecified atom stereocenters. The number of nitrogens with one attached hydrogen (secondary N) is 1. The van der Waals surface area contributed by atoms with Crippen LogP contribution >= 0.6 is 0 Å². The van der Waals surface area contributed by atoms with E-state index in [2.05, 4.69) is 71.7 Å². The molecule has 0 aliphatic heterocycles. The summed E-state index contributed by atoms with van der Waals surface area (Å²) in [4.78, 5) is 17.6. The van der Waals surface area contributed by atoms with Crippen molar-refractivity contribution in [3.63, 3.8) is 0 Å². The minimum Gasteiger partial charge on any atom is -0.348 e. The summed E-state index contributed by atoms with van der Waals surface area (Å²) < 4.78 is 1.75. The van der Waals surface area contributed by atoms with Crippen LogP contribution in [0.3, 0.4) is 0 Å². The van der Waals surface area contributed by atoms with E-state index in [1.54, 1.807) is 10.7 Å². The first-order chi connectivity index (χ1) is 16.0. The zero-order valence-electron chi connectivity index (χ0n) is 19.0. The molecule has 0 saturated carbocycles. The third kappa shape index (κ3) is 3.87. The van der Waals surface area contributed by atoms with Gasteiger partial charge in [0, 0.05) is 18.3 Å². The molecule has 33 heavy (non-hydrogen) atoms. The predicted octanol–water partition coefficient (Wildman–Crippen LogP) is 5.91. The van der Waals surface area contributed by atoms with Gasteiger partial charge in [0.25, 0.3) is 5.91 Å². The molecular formula is C28H26N4O. The second-order valence-corrected chi connectivity index (χ2v) is 8.65. The second-order valence-electron chi connectivity index (χ2n) is 8.65. The Kier molecular flexibility index (Phi) is 5.38. The van der Waals surface area contributed by atoms with Crippen molar-refractivity contribution in [3.05, 3.63) is 102 Å². The van der Waals surface area contributed by atoms with Gasteiger partial charge in [-0.2, -0.15) is 5.10 Å². The normalized spacial score (nSPS) is 11.4. The lowest BCUT2D eigenvalue weighted by molar-refractivity contribution is 0.0949. The first-order valence-electron chi connectivity index (χ1n) is 11.2. The molecule has 2 aromatic heterocycles. The fourth-order valence-electron chi connectivity index (χ4n) is 4.24. The Hall–Kier alpha value is -3.99. The van der Waals surface area contributed by atoms with E-state index < -0.39 is 0 Å². The van der Waals surface area contributed by atoms with Gasteiger partial charge in [-0.25, -0.2) is 9.50 Å². The summed E-state index contributed by atoms with van der Waals surface area (Å²) in [5, 5.41) is 9.88. The van der Waals surface area contributed by atoms with Crippen molar-refractivity contribution in [1.29, 1.82) is 0 Å². The zero-order valence-corrected chi connectivity index (χ0v) is 19.0. The van der Waals surface area contributed by atoms with Gasteiger partial charge < -0.3 is 5.32 Å². The number of aryl methyl sites for hydroxylation is 1. The molecule has 164 valence electrons. The zero-order chi connectivity index (χ0) is 22.9. The van der Waals surface area contributed by atoms with E-state index in [-0.39, 0.29) is 5.91 Å². The molecule has 0 spiro atoms. The van der Waals surface area contributed by atoms with Crippen molar-refractivity contribution >= 4 is 22.3 Å². The van der Waals surface area contributed by atoms with Crippen LogP contribution in [0, 0.1) is 6.92 Å². The third-order valence-electron chi connectivity index (χ3n) is 6.22. The van der Waals surface area contributed by atoms with Gasteiger partial charge in [-0.3, -0.25) is 4.79 Å². The Labute approximate surface area is 193 Å². The average molecular weight is 435 g/mol. The van der Waals surface area contributed by atoms with Gasteiger partial charge in [0.1, 0.15) is 0 Å². The monoisotopic (exact) mass is 434 g/mol. The Morgan fingerprint density at radius 1 is 0.970 bits per heavy atom. The first-order valence-corrected chi connectivity index (χ1v) is 11.2. The van der Waals surface area contributed by atoms with E-state index in [1.807, 2.05) is 37.4 Å². The lowest BCUT2D eigenvalue weighted by atomic mass is 10.00. The van der Waals surface area contributed by atoms with Crippen LogP contribution in [0.25, 0.3) is 27.5 Å². The number of hydrogen-bond donors (Lipinski definition) is 1. The van der Waals surface area contributed by atoms with Gasteiger partial charge in [-0.1, -0.05) is 80.6 Å². The number of fused-ring (bicyclic) bond motifs is 2. The van der Waals surface area contributed by atoms with Gasteiger partial charge in [0.15, 0.2) is 5.65 Å². The number of nitrogens with zero attached hydrogens (tertiary/aromatic N) is 3. The molecule has 5 nitrogen and oxygen atoms in total. The molecule has 1 N–H and O–H groups in total. The summed E-state index contributed by atoms with van der Waals surface area (Å²) in [6.07, 6.45) is 3.47. The van der Waals surface area contributed by atoms with Crippen molar-refractivity contribution in [2.75, 3.05) is 0 Å². The maximum Gasteiger partial charge on any atom is 0.254 e. The highest BCUT2D eigenvalue weighted by Crippen LogP contribution is 2.26. The van der Waals surface area contributed by atoms with Crippen LogP contribution in [0.2, 0.25) is 0 Å². The van der Waals surface area contributed by atoms with Gasteiger partial charge in [-0.15, -0.1) is 0 Å². The van der Waals surface area contributed by atoms with E-state index >= 15 is 0 Å². The largest absolute Gasteiger partial charge is 0.348 e. The molecule has 5 heteroatoms. The highest BCUT2D eigenvalue weighted by Gasteiger charge is 2.16. The molecule has 0 atom stereocenters. The Morgan fingerprint density at radius 3 is 2.52 bits per heavy atom. The fourth-order valence-corrected chi connectivity index (χ4v) is 4.24. The number of carbonyl (C=O) groups is 1. The molecule has 3 aromatic carbocycles. The third-order valence-corrected chi connectivity index (χ3v) is 6.22. The van der Waals surface area contributed by atoms with Crippen LogP contribution in [0.15, 0.2) is 79.1 Å². The highest BCUT2D eigenvalue weighted by molar-refractivity contribution is 5.96. The van der Waals surface area contributed by atoms with Crippen molar-refractivity contribution in [2.45, 2.75) is 33.2 Å². The van der Waals surface area contributed by atoms with Crippen molar-refractivity contribution in [1.82, 2.24) is 19.9 Å². The number of hydrogen-bond acceptors (Lipinski definition) is 3. The summed E-state index contributed by atoms with van der Waals surface area (Å²) in [5.74, 6) is 0.325. The molecule has 0 radical (unpaired) electrons. The van der Waals surface area contributed by atoms with Crippen LogP contribution in [0.1, 0.15) is 46.9 Å². The SMILES string of the molecule is Cc1c(C(=O)NCc2cccc3ccccc23)cnc2c(-c3ccc(C(C)C)cc3)cnn12. The van der Waals surface area contributed by atoms with Gasteiger partial charge in [-0.05, 0) is 40.3 Å². The predicted molar refractivity (Wildman–Crippen MR) is 132 cm³/mol.